The van der Waals surface area contributed by atoms with E-state index in [2.05, 4.69) is 20.6 Å². The van der Waals surface area contributed by atoms with Crippen molar-refractivity contribution in [1.82, 2.24) is 20.3 Å². The molecule has 0 radical (unpaired) electrons. The Bertz CT molecular complexity index is 1530. The number of nitrogens with zero attached hydrogens (tertiary/aromatic N) is 3. The highest BCUT2D eigenvalue weighted by Gasteiger charge is 2.19. The molecule has 1 aliphatic heterocycles. The number of nitrogens with one attached hydrogen (secondary N) is 2. The molecule has 0 aliphatic carbocycles. The maximum Gasteiger partial charge on any atom is 0.228 e. The van der Waals surface area contributed by atoms with Gasteiger partial charge in [-0.1, -0.05) is 37.3 Å². The number of rotatable bonds is 9. The Hall–Kier alpha value is -3.56. The lowest BCUT2D eigenvalue weighted by Crippen LogP contribution is -2.38. The van der Waals surface area contributed by atoms with Gasteiger partial charge in [-0.25, -0.2) is 23.4 Å². The Labute approximate surface area is 223 Å². The minimum absolute atomic E-state index is 0.00272. The van der Waals surface area contributed by atoms with Gasteiger partial charge in [0, 0.05) is 30.4 Å². The molecule has 0 spiro atoms. The van der Waals surface area contributed by atoms with Gasteiger partial charge in [-0.05, 0) is 67.4 Å². The molecule has 1 atom stereocenters. The second kappa shape index (κ2) is 11.4. The number of fused-ring (bicyclic) bond motifs is 1. The zero-order valence-corrected chi connectivity index (χ0v) is 22.6. The zero-order chi connectivity index (χ0) is 26.5. The third-order valence-electron chi connectivity index (χ3n) is 6.72. The van der Waals surface area contributed by atoms with Crippen molar-refractivity contribution in [3.63, 3.8) is 0 Å². The molecule has 2 aromatic heterocycles. The van der Waals surface area contributed by atoms with E-state index < -0.39 is 9.84 Å². The summed E-state index contributed by atoms with van der Waals surface area (Å²) in [6.45, 7) is 5.78. The fourth-order valence-corrected chi connectivity index (χ4v) is 6.38. The van der Waals surface area contributed by atoms with E-state index in [1.807, 2.05) is 62.4 Å². The summed E-state index contributed by atoms with van der Waals surface area (Å²) in [5.41, 5.74) is 3.15. The van der Waals surface area contributed by atoms with Crippen LogP contribution in [0.1, 0.15) is 37.3 Å². The minimum atomic E-state index is -3.19. The Morgan fingerprint density at radius 3 is 2.76 bits per heavy atom. The molecular formula is C29H33N5O3S. The number of piperidine rings is 1. The monoisotopic (exact) mass is 531 g/mol. The van der Waals surface area contributed by atoms with Gasteiger partial charge in [-0.15, -0.1) is 0 Å². The standard InChI is InChI=1S/C29H33N5O3S/c1-3-17-38(35,36)19-21-7-4-9-24-23(21)12-11-20(2)27(24)37-28-25(10-6-15-31-28)26-13-16-32-29(34-26)33-22-8-5-14-30-18-22/h4,6-7,9-13,15-16,22,30H,3,5,8,14,17-19H2,1-2H3,(H,32,33,34)/t22-/m0/s1. The van der Waals surface area contributed by atoms with Crippen molar-refractivity contribution in [2.24, 2.45) is 0 Å². The Morgan fingerprint density at radius 2 is 1.95 bits per heavy atom. The van der Waals surface area contributed by atoms with E-state index in [1.165, 1.54) is 0 Å². The predicted molar refractivity (Wildman–Crippen MR) is 151 cm³/mol. The van der Waals surface area contributed by atoms with Crippen LogP contribution in [-0.4, -0.2) is 48.3 Å². The summed E-state index contributed by atoms with van der Waals surface area (Å²) in [4.78, 5) is 13.7. The van der Waals surface area contributed by atoms with Gasteiger partial charge >= 0.3 is 0 Å². The number of aryl methyl sites for hydroxylation is 1. The summed E-state index contributed by atoms with van der Waals surface area (Å²) in [6, 6.07) is 15.6. The first-order chi connectivity index (χ1) is 18.4. The van der Waals surface area contributed by atoms with E-state index in [9.17, 15) is 8.42 Å². The maximum absolute atomic E-state index is 12.6. The highest BCUT2D eigenvalue weighted by atomic mass is 32.2. The highest BCUT2D eigenvalue weighted by Crippen LogP contribution is 2.37. The number of hydrogen-bond donors (Lipinski definition) is 2. The molecule has 2 N–H and O–H groups in total. The van der Waals surface area contributed by atoms with Crippen LogP contribution in [-0.2, 0) is 15.6 Å². The Kier molecular flexibility index (Phi) is 7.85. The van der Waals surface area contributed by atoms with Crippen LogP contribution in [0.2, 0.25) is 0 Å². The van der Waals surface area contributed by atoms with E-state index in [-0.39, 0.29) is 17.5 Å². The van der Waals surface area contributed by atoms with E-state index in [1.54, 1.807) is 12.4 Å². The van der Waals surface area contributed by atoms with Crippen molar-refractivity contribution in [1.29, 1.82) is 0 Å². The molecule has 1 fully saturated rings. The number of hydrogen-bond acceptors (Lipinski definition) is 8. The number of ether oxygens (including phenoxy) is 1. The number of benzene rings is 2. The summed E-state index contributed by atoms with van der Waals surface area (Å²) in [5.74, 6) is 1.82. The van der Waals surface area contributed by atoms with Gasteiger partial charge in [0.1, 0.15) is 5.75 Å². The molecule has 2 aromatic carbocycles. The first-order valence-electron chi connectivity index (χ1n) is 13.1. The smallest absolute Gasteiger partial charge is 0.228 e. The molecule has 1 saturated heterocycles. The van der Waals surface area contributed by atoms with E-state index >= 15 is 0 Å². The number of aromatic nitrogens is 3. The predicted octanol–water partition coefficient (Wildman–Crippen LogP) is 5.28. The summed E-state index contributed by atoms with van der Waals surface area (Å²) in [7, 11) is -3.19. The van der Waals surface area contributed by atoms with E-state index in [0.29, 0.717) is 29.7 Å². The van der Waals surface area contributed by atoms with Gasteiger partial charge in [-0.2, -0.15) is 0 Å². The summed E-state index contributed by atoms with van der Waals surface area (Å²) >= 11 is 0. The average Bonchev–Trinajstić information content (AvgIpc) is 2.91. The molecular weight excluding hydrogens is 498 g/mol. The Morgan fingerprint density at radius 1 is 1.05 bits per heavy atom. The van der Waals surface area contributed by atoms with Gasteiger partial charge in [0.25, 0.3) is 0 Å². The van der Waals surface area contributed by atoms with Crippen LogP contribution in [0.4, 0.5) is 5.95 Å². The number of pyridine rings is 1. The van der Waals surface area contributed by atoms with Crippen molar-refractivity contribution < 1.29 is 13.2 Å². The normalized spacial score (nSPS) is 15.9. The van der Waals surface area contributed by atoms with Crippen LogP contribution >= 0.6 is 0 Å². The van der Waals surface area contributed by atoms with Gasteiger partial charge in [-0.3, -0.25) is 0 Å². The molecule has 198 valence electrons. The molecule has 4 aromatic rings. The third-order valence-corrected chi connectivity index (χ3v) is 8.50. The van der Waals surface area contributed by atoms with Gasteiger partial charge in [0.2, 0.25) is 11.8 Å². The van der Waals surface area contributed by atoms with Crippen molar-refractivity contribution >= 4 is 26.6 Å². The summed E-state index contributed by atoms with van der Waals surface area (Å²) in [6.07, 6.45) is 6.22. The van der Waals surface area contributed by atoms with Crippen molar-refractivity contribution in [2.45, 2.75) is 44.9 Å². The summed E-state index contributed by atoms with van der Waals surface area (Å²) < 4.78 is 31.6. The third kappa shape index (κ3) is 5.95. The molecule has 0 unspecified atom stereocenters. The van der Waals surface area contributed by atoms with Crippen LogP contribution in [0.3, 0.4) is 0 Å². The largest absolute Gasteiger partial charge is 0.437 e. The minimum Gasteiger partial charge on any atom is -0.437 e. The van der Waals surface area contributed by atoms with E-state index in [0.717, 1.165) is 53.4 Å². The number of sulfone groups is 1. The molecule has 3 heterocycles. The summed E-state index contributed by atoms with van der Waals surface area (Å²) in [5, 5.41) is 8.54. The molecule has 5 rings (SSSR count). The molecule has 0 saturated carbocycles. The zero-order valence-electron chi connectivity index (χ0n) is 21.8. The van der Waals surface area contributed by atoms with Crippen LogP contribution in [0.15, 0.2) is 60.9 Å². The lowest BCUT2D eigenvalue weighted by Gasteiger charge is -2.23. The lowest BCUT2D eigenvalue weighted by molar-refractivity contribution is 0.466. The Balaban J connectivity index is 1.49. The van der Waals surface area contributed by atoms with Gasteiger partial charge in [0.15, 0.2) is 9.84 Å². The molecule has 38 heavy (non-hydrogen) atoms. The van der Waals surface area contributed by atoms with Gasteiger partial charge < -0.3 is 15.4 Å². The first kappa shape index (κ1) is 26.1. The molecule has 0 amide bonds. The second-order valence-corrected chi connectivity index (χ2v) is 11.9. The van der Waals surface area contributed by atoms with Crippen molar-refractivity contribution in [3.8, 4) is 22.9 Å². The molecule has 9 heteroatoms. The van der Waals surface area contributed by atoms with E-state index in [4.69, 9.17) is 9.72 Å². The quantitative estimate of drug-likeness (QED) is 0.300. The van der Waals surface area contributed by atoms with Crippen molar-refractivity contribution in [3.05, 3.63) is 72.1 Å². The van der Waals surface area contributed by atoms with Crippen molar-refractivity contribution in [2.75, 3.05) is 24.2 Å². The van der Waals surface area contributed by atoms with Crippen LogP contribution in [0.5, 0.6) is 11.6 Å². The number of anilines is 1. The van der Waals surface area contributed by atoms with Crippen LogP contribution < -0.4 is 15.4 Å². The highest BCUT2D eigenvalue weighted by molar-refractivity contribution is 7.90. The SMILES string of the molecule is CCCS(=O)(=O)Cc1cccc2c(Oc3ncccc3-c3ccnc(N[C@H]4CCCNC4)n3)c(C)ccc12. The lowest BCUT2D eigenvalue weighted by atomic mass is 10.0. The maximum atomic E-state index is 12.6. The van der Waals surface area contributed by atoms with Gasteiger partial charge in [0.05, 0.1) is 22.8 Å². The molecule has 1 aliphatic rings. The van der Waals surface area contributed by atoms with Crippen LogP contribution in [0, 0.1) is 6.92 Å². The fraction of sp³-hybridized carbons (Fsp3) is 0.345. The first-order valence-corrected chi connectivity index (χ1v) is 14.9. The second-order valence-electron chi connectivity index (χ2n) is 9.73. The molecule has 0 bridgehead atoms. The molecule has 8 nitrogen and oxygen atoms in total. The fourth-order valence-electron chi connectivity index (χ4n) is 4.89. The topological polar surface area (TPSA) is 106 Å². The average molecular weight is 532 g/mol. The van der Waals surface area contributed by atoms with Crippen LogP contribution in [0.25, 0.3) is 22.0 Å².